The molecule has 2 unspecified atom stereocenters. The maximum absolute atomic E-state index is 6.77. The Morgan fingerprint density at radius 2 is 1.76 bits per heavy atom. The second-order valence-electron chi connectivity index (χ2n) is 13.1. The van der Waals surface area contributed by atoms with E-state index in [4.69, 9.17) is 9.47 Å². The molecule has 0 bridgehead atoms. The fourth-order valence-electron chi connectivity index (χ4n) is 9.91. The first-order chi connectivity index (χ1) is 13.8. The van der Waals surface area contributed by atoms with Crippen molar-refractivity contribution in [2.24, 2.45) is 46.3 Å². The van der Waals surface area contributed by atoms with Gasteiger partial charge in [-0.15, -0.1) is 0 Å². The minimum atomic E-state index is 0.252. The molecule has 1 spiro atoms. The molecule has 2 saturated heterocycles. The normalized spacial score (nSPS) is 57.9. The van der Waals surface area contributed by atoms with Crippen LogP contribution in [0.15, 0.2) is 0 Å². The van der Waals surface area contributed by atoms with Crippen molar-refractivity contribution >= 4 is 0 Å². The largest absolute Gasteiger partial charge is 0.370 e. The molecule has 4 saturated carbocycles. The zero-order valence-electron chi connectivity index (χ0n) is 19.6. The summed E-state index contributed by atoms with van der Waals surface area (Å²) in [7, 11) is 0. The van der Waals surface area contributed by atoms with Crippen molar-refractivity contribution in [1.29, 1.82) is 0 Å². The molecule has 0 aromatic rings. The third kappa shape index (κ3) is 2.54. The molecular formula is C27H44O2. The summed E-state index contributed by atoms with van der Waals surface area (Å²) >= 11 is 0. The smallest absolute Gasteiger partial charge is 0.103 e. The highest BCUT2D eigenvalue weighted by molar-refractivity contribution is 5.28. The van der Waals surface area contributed by atoms with Gasteiger partial charge in [0.15, 0.2) is 0 Å². The second kappa shape index (κ2) is 6.25. The minimum absolute atomic E-state index is 0.252. The fraction of sp³-hybridized carbons (Fsp3) is 1.00. The summed E-state index contributed by atoms with van der Waals surface area (Å²) < 4.78 is 12.8. The molecule has 2 heteroatoms. The Labute approximate surface area is 178 Å². The van der Waals surface area contributed by atoms with Crippen LogP contribution in [0.25, 0.3) is 0 Å². The van der Waals surface area contributed by atoms with Crippen LogP contribution in [-0.4, -0.2) is 23.9 Å². The first-order valence-corrected chi connectivity index (χ1v) is 13.1. The van der Waals surface area contributed by atoms with Gasteiger partial charge in [0.1, 0.15) is 5.60 Å². The Balaban J connectivity index is 1.23. The molecule has 0 aromatic carbocycles. The van der Waals surface area contributed by atoms with Gasteiger partial charge in [-0.25, -0.2) is 0 Å². The zero-order chi connectivity index (χ0) is 20.2. The van der Waals surface area contributed by atoms with Gasteiger partial charge in [0.2, 0.25) is 0 Å². The summed E-state index contributed by atoms with van der Waals surface area (Å²) in [6.07, 6.45) is 15.9. The van der Waals surface area contributed by atoms with E-state index in [9.17, 15) is 0 Å². The molecule has 2 heterocycles. The molecule has 0 N–H and O–H groups in total. The third-order valence-electron chi connectivity index (χ3n) is 11.5. The van der Waals surface area contributed by atoms with Crippen molar-refractivity contribution in [2.75, 3.05) is 0 Å². The minimum Gasteiger partial charge on any atom is -0.370 e. The average Bonchev–Trinajstić information content (AvgIpc) is 3.55. The summed E-state index contributed by atoms with van der Waals surface area (Å²) in [4.78, 5) is 0. The van der Waals surface area contributed by atoms with Gasteiger partial charge in [-0.1, -0.05) is 53.9 Å². The molecule has 6 aliphatic rings. The molecule has 6 fully saturated rings. The summed E-state index contributed by atoms with van der Waals surface area (Å²) in [6.45, 7) is 12.6. The Hall–Kier alpha value is -0.0800. The Kier molecular flexibility index (Phi) is 4.22. The van der Waals surface area contributed by atoms with Crippen LogP contribution in [0, 0.1) is 46.3 Å². The van der Waals surface area contributed by atoms with Gasteiger partial charge in [0.25, 0.3) is 0 Å². The first-order valence-electron chi connectivity index (χ1n) is 13.1. The van der Waals surface area contributed by atoms with Crippen molar-refractivity contribution in [3.8, 4) is 0 Å². The number of hydrogen-bond donors (Lipinski definition) is 0. The van der Waals surface area contributed by atoms with Crippen molar-refractivity contribution in [3.05, 3.63) is 0 Å². The topological polar surface area (TPSA) is 25.1 Å². The quantitative estimate of drug-likeness (QED) is 0.485. The van der Waals surface area contributed by atoms with Gasteiger partial charge in [-0.3, -0.25) is 0 Å². The first kappa shape index (κ1) is 19.6. The predicted octanol–water partition coefficient (Wildman–Crippen LogP) is 6.62. The lowest BCUT2D eigenvalue weighted by molar-refractivity contribution is -0.137. The van der Waals surface area contributed by atoms with Gasteiger partial charge in [-0.2, -0.15) is 0 Å². The van der Waals surface area contributed by atoms with Crippen molar-refractivity contribution in [1.82, 2.24) is 0 Å². The molecule has 29 heavy (non-hydrogen) atoms. The summed E-state index contributed by atoms with van der Waals surface area (Å²) in [5, 5.41) is 0. The van der Waals surface area contributed by atoms with E-state index >= 15 is 0 Å². The van der Waals surface area contributed by atoms with E-state index in [0.29, 0.717) is 29.1 Å². The standard InChI is InChI=1S/C27H44O2/c1-16(2)7-6-8-17(3)21-14-24-27(29-24)20-10-9-18-13-22-23(28-22)15-25(18,4)19(20)11-12-26(21,27)5/h16-24H,6-15H2,1-5H3/t17-,18+,19+,20+,21-,22?,23?,24+,25+,26-,27+/m1/s1. The number of ether oxygens (including phenoxy) is 2. The molecule has 0 radical (unpaired) electrons. The molecule has 2 nitrogen and oxygen atoms in total. The zero-order valence-corrected chi connectivity index (χ0v) is 19.6. The van der Waals surface area contributed by atoms with Crippen LogP contribution >= 0.6 is 0 Å². The van der Waals surface area contributed by atoms with Crippen molar-refractivity contribution in [2.45, 2.75) is 123 Å². The molecule has 6 rings (SSSR count). The van der Waals surface area contributed by atoms with Crippen LogP contribution in [-0.2, 0) is 9.47 Å². The molecule has 0 amide bonds. The Bertz CT molecular complexity index is 673. The monoisotopic (exact) mass is 400 g/mol. The van der Waals surface area contributed by atoms with Gasteiger partial charge in [0.05, 0.1) is 18.3 Å². The van der Waals surface area contributed by atoms with E-state index < -0.39 is 0 Å². The molecule has 4 aliphatic carbocycles. The Morgan fingerprint density at radius 3 is 2.55 bits per heavy atom. The van der Waals surface area contributed by atoms with Gasteiger partial charge >= 0.3 is 0 Å². The number of epoxide rings is 2. The van der Waals surface area contributed by atoms with Gasteiger partial charge in [0, 0.05) is 5.41 Å². The van der Waals surface area contributed by atoms with E-state index in [-0.39, 0.29) is 5.60 Å². The second-order valence-corrected chi connectivity index (χ2v) is 13.1. The molecule has 164 valence electrons. The third-order valence-corrected chi connectivity index (χ3v) is 11.5. The maximum atomic E-state index is 6.77. The van der Waals surface area contributed by atoms with Crippen LogP contribution in [0.3, 0.4) is 0 Å². The molecule has 2 aliphatic heterocycles. The molecular weight excluding hydrogens is 356 g/mol. The summed E-state index contributed by atoms with van der Waals surface area (Å²) in [6, 6.07) is 0. The van der Waals surface area contributed by atoms with Gasteiger partial charge < -0.3 is 9.47 Å². The van der Waals surface area contributed by atoms with E-state index in [2.05, 4.69) is 34.6 Å². The van der Waals surface area contributed by atoms with Crippen LogP contribution in [0.5, 0.6) is 0 Å². The lowest BCUT2D eigenvalue weighted by atomic mass is 9.44. The van der Waals surface area contributed by atoms with Crippen LogP contribution in [0.1, 0.15) is 98.8 Å². The number of hydrogen-bond acceptors (Lipinski definition) is 2. The van der Waals surface area contributed by atoms with Crippen LogP contribution in [0.2, 0.25) is 0 Å². The molecule has 11 atom stereocenters. The summed E-state index contributed by atoms with van der Waals surface area (Å²) in [5.74, 6) is 5.24. The van der Waals surface area contributed by atoms with Gasteiger partial charge in [-0.05, 0) is 85.9 Å². The lowest BCUT2D eigenvalue weighted by Gasteiger charge is -2.60. The maximum Gasteiger partial charge on any atom is 0.103 e. The van der Waals surface area contributed by atoms with Crippen molar-refractivity contribution in [3.63, 3.8) is 0 Å². The lowest BCUT2D eigenvalue weighted by Crippen LogP contribution is -2.58. The average molecular weight is 401 g/mol. The highest BCUT2D eigenvalue weighted by Gasteiger charge is 2.81. The van der Waals surface area contributed by atoms with Crippen molar-refractivity contribution < 1.29 is 9.47 Å². The highest BCUT2D eigenvalue weighted by atomic mass is 16.6. The van der Waals surface area contributed by atoms with E-state index in [0.717, 1.165) is 35.5 Å². The molecule has 0 aromatic heterocycles. The van der Waals surface area contributed by atoms with E-state index in [1.807, 2.05) is 0 Å². The van der Waals surface area contributed by atoms with E-state index in [1.165, 1.54) is 64.2 Å². The Morgan fingerprint density at radius 1 is 0.931 bits per heavy atom. The van der Waals surface area contributed by atoms with E-state index in [1.54, 1.807) is 0 Å². The van der Waals surface area contributed by atoms with Crippen LogP contribution in [0.4, 0.5) is 0 Å². The summed E-state index contributed by atoms with van der Waals surface area (Å²) in [5.41, 5.74) is 1.21. The fourth-order valence-corrected chi connectivity index (χ4v) is 9.91. The predicted molar refractivity (Wildman–Crippen MR) is 117 cm³/mol. The highest BCUT2D eigenvalue weighted by Crippen LogP contribution is 2.77. The van der Waals surface area contributed by atoms with Crippen LogP contribution < -0.4 is 0 Å². The number of fused-ring (bicyclic) bond motifs is 4. The SMILES string of the molecule is CC(C)CCC[C@@H](C)[C@H]1C[C@@H]2O[C@@]23[C@H]2CC[C@H]4CC5OC5C[C@]4(C)[C@H]2CC[C@]13C. The number of rotatable bonds is 5.